The van der Waals surface area contributed by atoms with Crippen molar-refractivity contribution in [3.05, 3.63) is 46.5 Å². The lowest BCUT2D eigenvalue weighted by molar-refractivity contribution is -0.140. The summed E-state index contributed by atoms with van der Waals surface area (Å²) in [5, 5.41) is 2.82. The molecule has 3 heterocycles. The average molecular weight is 374 g/mol. The van der Waals surface area contributed by atoms with E-state index >= 15 is 0 Å². The van der Waals surface area contributed by atoms with E-state index in [0.29, 0.717) is 18.7 Å². The quantitative estimate of drug-likeness (QED) is 0.770. The van der Waals surface area contributed by atoms with Crippen LogP contribution < -0.4 is 10.9 Å². The lowest BCUT2D eigenvalue weighted by Crippen LogP contribution is -2.51. The standard InChI is InChI=1S/C18H22N4O5/c1-21(2)16(23)11-27-14-10-26-8-6-13(14)20-17(24)12-9-19-15-5-3-4-7-22(15)18(12)25/h3-5,7,9,13-14H,6,8,10-11H2,1-2H3,(H,20,24)/t13-,14-/m1/s1. The summed E-state index contributed by atoms with van der Waals surface area (Å²) in [7, 11) is 3.28. The predicted octanol–water partition coefficient (Wildman–Crippen LogP) is -0.313. The molecule has 2 aromatic rings. The van der Waals surface area contributed by atoms with Crippen LogP contribution >= 0.6 is 0 Å². The van der Waals surface area contributed by atoms with Gasteiger partial charge in [0.1, 0.15) is 23.9 Å². The third-order valence-corrected chi connectivity index (χ3v) is 4.40. The van der Waals surface area contributed by atoms with Gasteiger partial charge in [-0.05, 0) is 18.6 Å². The van der Waals surface area contributed by atoms with E-state index in [4.69, 9.17) is 9.47 Å². The van der Waals surface area contributed by atoms with Crippen LogP contribution in [0.3, 0.4) is 0 Å². The molecule has 1 saturated heterocycles. The van der Waals surface area contributed by atoms with Crippen molar-refractivity contribution in [3.63, 3.8) is 0 Å². The molecule has 0 radical (unpaired) electrons. The summed E-state index contributed by atoms with van der Waals surface area (Å²) in [5.74, 6) is -0.701. The van der Waals surface area contributed by atoms with Crippen LogP contribution in [0.25, 0.3) is 5.65 Å². The smallest absolute Gasteiger partial charge is 0.270 e. The zero-order valence-electron chi connectivity index (χ0n) is 15.3. The molecule has 0 aliphatic carbocycles. The van der Waals surface area contributed by atoms with Crippen LogP contribution in [0.2, 0.25) is 0 Å². The molecule has 2 amide bonds. The number of carbonyl (C=O) groups excluding carboxylic acids is 2. The van der Waals surface area contributed by atoms with Crippen molar-refractivity contribution in [2.24, 2.45) is 0 Å². The highest BCUT2D eigenvalue weighted by atomic mass is 16.5. The molecule has 0 unspecified atom stereocenters. The van der Waals surface area contributed by atoms with E-state index in [9.17, 15) is 14.4 Å². The number of fused-ring (bicyclic) bond motifs is 1. The Balaban J connectivity index is 1.72. The van der Waals surface area contributed by atoms with Gasteiger partial charge in [-0.2, -0.15) is 0 Å². The highest BCUT2D eigenvalue weighted by Gasteiger charge is 2.29. The molecule has 9 heteroatoms. The molecule has 2 aromatic heterocycles. The van der Waals surface area contributed by atoms with Crippen molar-refractivity contribution < 1.29 is 19.1 Å². The van der Waals surface area contributed by atoms with Gasteiger partial charge in [-0.25, -0.2) is 4.98 Å². The maximum Gasteiger partial charge on any atom is 0.270 e. The van der Waals surface area contributed by atoms with Crippen molar-refractivity contribution in [1.82, 2.24) is 19.6 Å². The lowest BCUT2D eigenvalue weighted by atomic mass is 10.1. The Hall–Kier alpha value is -2.78. The SMILES string of the molecule is CN(C)C(=O)CO[C@@H]1COCC[C@H]1NC(=O)c1cnc2ccccn2c1=O. The molecule has 1 fully saturated rings. The van der Waals surface area contributed by atoms with E-state index in [1.165, 1.54) is 15.5 Å². The molecule has 1 aliphatic rings. The molecule has 3 rings (SSSR count). The number of aromatic nitrogens is 2. The van der Waals surface area contributed by atoms with Crippen molar-refractivity contribution in [1.29, 1.82) is 0 Å². The number of amides is 2. The zero-order chi connectivity index (χ0) is 19.4. The fourth-order valence-corrected chi connectivity index (χ4v) is 2.78. The molecule has 1 N–H and O–H groups in total. The number of likely N-dealkylation sites (N-methyl/N-ethyl adjacent to an activating group) is 1. The molecule has 0 aromatic carbocycles. The van der Waals surface area contributed by atoms with E-state index in [1.807, 2.05) is 0 Å². The normalized spacial score (nSPS) is 19.6. The third-order valence-electron chi connectivity index (χ3n) is 4.40. The van der Waals surface area contributed by atoms with E-state index in [2.05, 4.69) is 10.3 Å². The second-order valence-corrected chi connectivity index (χ2v) is 6.49. The summed E-state index contributed by atoms with van der Waals surface area (Å²) in [6.07, 6.45) is 2.89. The first-order valence-corrected chi connectivity index (χ1v) is 8.64. The Labute approximate surface area is 155 Å². The number of nitrogens with one attached hydrogen (secondary N) is 1. The molecular weight excluding hydrogens is 352 g/mol. The van der Waals surface area contributed by atoms with E-state index in [1.54, 1.807) is 38.5 Å². The number of nitrogens with zero attached hydrogens (tertiary/aromatic N) is 3. The van der Waals surface area contributed by atoms with Crippen molar-refractivity contribution in [2.45, 2.75) is 18.6 Å². The summed E-state index contributed by atoms with van der Waals surface area (Å²) in [6, 6.07) is 4.78. The van der Waals surface area contributed by atoms with E-state index in [-0.39, 0.29) is 30.7 Å². The lowest BCUT2D eigenvalue weighted by Gasteiger charge is -2.32. The Morgan fingerprint density at radius 3 is 3.00 bits per heavy atom. The molecule has 144 valence electrons. The zero-order valence-corrected chi connectivity index (χ0v) is 15.3. The Morgan fingerprint density at radius 2 is 2.22 bits per heavy atom. The molecule has 27 heavy (non-hydrogen) atoms. The number of hydrogen-bond acceptors (Lipinski definition) is 6. The minimum Gasteiger partial charge on any atom is -0.379 e. The van der Waals surface area contributed by atoms with Crippen LogP contribution in [0, 0.1) is 0 Å². The van der Waals surface area contributed by atoms with Gasteiger partial charge < -0.3 is 19.7 Å². The summed E-state index contributed by atoms with van der Waals surface area (Å²) in [5.41, 5.74) is -0.0211. The summed E-state index contributed by atoms with van der Waals surface area (Å²) >= 11 is 0. The van der Waals surface area contributed by atoms with Crippen LogP contribution in [0.1, 0.15) is 16.8 Å². The van der Waals surface area contributed by atoms with E-state index in [0.717, 1.165) is 0 Å². The minimum atomic E-state index is -0.523. The van der Waals surface area contributed by atoms with Crippen LogP contribution in [-0.4, -0.2) is 72.2 Å². The molecular formula is C18H22N4O5. The molecule has 2 atom stereocenters. The predicted molar refractivity (Wildman–Crippen MR) is 96.6 cm³/mol. The fourth-order valence-electron chi connectivity index (χ4n) is 2.78. The second-order valence-electron chi connectivity index (χ2n) is 6.49. The highest BCUT2D eigenvalue weighted by molar-refractivity contribution is 5.94. The largest absolute Gasteiger partial charge is 0.379 e. The van der Waals surface area contributed by atoms with Gasteiger partial charge in [-0.3, -0.25) is 18.8 Å². The van der Waals surface area contributed by atoms with Gasteiger partial charge in [0, 0.05) is 33.1 Å². The maximum atomic E-state index is 12.6. The van der Waals surface area contributed by atoms with Gasteiger partial charge in [0.25, 0.3) is 11.5 Å². The van der Waals surface area contributed by atoms with Crippen molar-refractivity contribution in [2.75, 3.05) is 33.9 Å². The monoisotopic (exact) mass is 374 g/mol. The highest BCUT2D eigenvalue weighted by Crippen LogP contribution is 2.12. The van der Waals surface area contributed by atoms with Crippen LogP contribution in [0.5, 0.6) is 0 Å². The number of carbonyl (C=O) groups is 2. The van der Waals surface area contributed by atoms with Crippen LogP contribution in [0.15, 0.2) is 35.4 Å². The molecule has 1 aliphatic heterocycles. The van der Waals surface area contributed by atoms with Crippen LogP contribution in [-0.2, 0) is 14.3 Å². The minimum absolute atomic E-state index is 0.0479. The van der Waals surface area contributed by atoms with Crippen LogP contribution in [0.4, 0.5) is 0 Å². The summed E-state index contributed by atoms with van der Waals surface area (Å²) in [6.45, 7) is 0.621. The van der Waals surface area contributed by atoms with Gasteiger partial charge in [0.05, 0.1) is 12.6 Å². The van der Waals surface area contributed by atoms with Gasteiger partial charge >= 0.3 is 0 Å². The molecule has 0 saturated carbocycles. The first kappa shape index (κ1) is 19.0. The topological polar surface area (TPSA) is 102 Å². The van der Waals surface area contributed by atoms with Gasteiger partial charge in [-0.1, -0.05) is 6.07 Å². The maximum absolute atomic E-state index is 12.6. The fraction of sp³-hybridized carbons (Fsp3) is 0.444. The van der Waals surface area contributed by atoms with Crippen molar-refractivity contribution in [3.8, 4) is 0 Å². The molecule has 0 spiro atoms. The van der Waals surface area contributed by atoms with Gasteiger partial charge in [-0.15, -0.1) is 0 Å². The van der Waals surface area contributed by atoms with E-state index < -0.39 is 17.6 Å². The summed E-state index contributed by atoms with van der Waals surface area (Å²) < 4.78 is 12.3. The Kier molecular flexibility index (Phi) is 5.82. The Morgan fingerprint density at radius 1 is 1.41 bits per heavy atom. The average Bonchev–Trinajstić information content (AvgIpc) is 2.67. The van der Waals surface area contributed by atoms with Crippen molar-refractivity contribution >= 4 is 17.5 Å². The van der Waals surface area contributed by atoms with Gasteiger partial charge in [0.2, 0.25) is 5.91 Å². The first-order valence-electron chi connectivity index (χ1n) is 8.64. The first-order chi connectivity index (χ1) is 13.0. The summed E-state index contributed by atoms with van der Waals surface area (Å²) in [4.78, 5) is 42.5. The number of pyridine rings is 1. The number of ether oxygens (including phenoxy) is 2. The number of hydrogen-bond donors (Lipinski definition) is 1. The molecule has 0 bridgehead atoms. The number of rotatable bonds is 5. The Bertz CT molecular complexity index is 895. The van der Waals surface area contributed by atoms with Gasteiger partial charge in [0.15, 0.2) is 0 Å². The molecule has 9 nitrogen and oxygen atoms in total. The third kappa shape index (κ3) is 4.32. The second kappa shape index (κ2) is 8.28.